The Kier molecular flexibility index (Phi) is 6.72. The van der Waals surface area contributed by atoms with Crippen LogP contribution in [0.1, 0.15) is 21.9 Å². The van der Waals surface area contributed by atoms with Crippen LogP contribution in [-0.2, 0) is 23.0 Å². The maximum absolute atomic E-state index is 12.4. The molecule has 140 valence electrons. The zero-order valence-corrected chi connectivity index (χ0v) is 16.6. The second-order valence-corrected chi connectivity index (χ2v) is 8.08. The summed E-state index contributed by atoms with van der Waals surface area (Å²) in [5, 5.41) is 3.93. The summed E-state index contributed by atoms with van der Waals surface area (Å²) in [6, 6.07) is 17.7. The van der Waals surface area contributed by atoms with Crippen LogP contribution in [0.15, 0.2) is 70.0 Å². The molecule has 0 aliphatic heterocycles. The first-order valence-electron chi connectivity index (χ1n) is 8.27. The summed E-state index contributed by atoms with van der Waals surface area (Å²) in [6.45, 7) is 0.474. The van der Waals surface area contributed by atoms with Gasteiger partial charge in [0.05, 0.1) is 26.5 Å². The Labute approximate surface area is 169 Å². The minimum absolute atomic E-state index is 0.155. The number of nitrogens with one attached hydrogen (secondary N) is 1. The average molecular weight is 422 g/mol. The molecule has 1 N–H and O–H groups in total. The first kappa shape index (κ1) is 19.7. The number of hydrogen-bond donors (Lipinski definition) is 1. The van der Waals surface area contributed by atoms with Crippen LogP contribution >= 0.6 is 23.2 Å². The Morgan fingerprint density at radius 3 is 2.48 bits per heavy atom. The second kappa shape index (κ2) is 9.22. The lowest BCUT2D eigenvalue weighted by atomic mass is 10.1. The summed E-state index contributed by atoms with van der Waals surface area (Å²) < 4.78 is 18.0. The zero-order chi connectivity index (χ0) is 19.2. The molecule has 1 aromatic heterocycles. The molecule has 0 unspecified atom stereocenters. The molecule has 7 heteroatoms. The molecular formula is C20H17Cl2NO3S. The number of amides is 1. The van der Waals surface area contributed by atoms with Gasteiger partial charge in [-0.2, -0.15) is 0 Å². The van der Waals surface area contributed by atoms with E-state index in [1.807, 2.05) is 24.3 Å². The monoisotopic (exact) mass is 421 g/mol. The fourth-order valence-electron chi connectivity index (χ4n) is 2.47. The van der Waals surface area contributed by atoms with Gasteiger partial charge in [-0.15, -0.1) is 0 Å². The van der Waals surface area contributed by atoms with Crippen molar-refractivity contribution in [3.8, 4) is 0 Å². The molecule has 0 radical (unpaired) electrons. The molecule has 0 saturated carbocycles. The van der Waals surface area contributed by atoms with Gasteiger partial charge < -0.3 is 9.73 Å². The summed E-state index contributed by atoms with van der Waals surface area (Å²) in [7, 11) is -1.35. The first-order valence-corrected chi connectivity index (χ1v) is 10.3. The van der Waals surface area contributed by atoms with E-state index in [2.05, 4.69) is 5.32 Å². The van der Waals surface area contributed by atoms with E-state index in [1.165, 1.54) is 0 Å². The normalized spacial score (nSPS) is 11.9. The van der Waals surface area contributed by atoms with Gasteiger partial charge in [0, 0.05) is 11.6 Å². The van der Waals surface area contributed by atoms with Crippen LogP contribution in [0.5, 0.6) is 0 Å². The van der Waals surface area contributed by atoms with Crippen molar-refractivity contribution in [3.63, 3.8) is 0 Å². The highest BCUT2D eigenvalue weighted by molar-refractivity contribution is 7.84. The highest BCUT2D eigenvalue weighted by atomic mass is 35.5. The summed E-state index contributed by atoms with van der Waals surface area (Å²) in [4.78, 5) is 12.7. The standard InChI is InChI=1S/C20H17Cl2NO3S/c21-15-7-5-14(6-8-15)11-12-23-20(24)18-10-9-16(26-18)13-27(25)19-4-2-1-3-17(19)22/h1-10H,11-13H2,(H,23,24)/t27-/m1/s1. The van der Waals surface area contributed by atoms with E-state index in [-0.39, 0.29) is 17.4 Å². The second-order valence-electron chi connectivity index (χ2n) is 5.82. The molecule has 0 aliphatic carbocycles. The van der Waals surface area contributed by atoms with Gasteiger partial charge in [0.15, 0.2) is 5.76 Å². The SMILES string of the molecule is O=C(NCCc1ccc(Cl)cc1)c1ccc(C[S@@](=O)c2ccccc2Cl)o1. The molecule has 0 aliphatic rings. The molecule has 2 aromatic carbocycles. The summed E-state index contributed by atoms with van der Waals surface area (Å²) in [6.07, 6.45) is 0.687. The van der Waals surface area contributed by atoms with Crippen molar-refractivity contribution in [2.75, 3.05) is 6.54 Å². The van der Waals surface area contributed by atoms with Crippen molar-refractivity contribution in [2.45, 2.75) is 17.1 Å². The topological polar surface area (TPSA) is 59.3 Å². The maximum Gasteiger partial charge on any atom is 0.287 e. The third-order valence-corrected chi connectivity index (χ3v) is 5.94. The Morgan fingerprint density at radius 1 is 1.00 bits per heavy atom. The van der Waals surface area contributed by atoms with Crippen molar-refractivity contribution in [2.24, 2.45) is 0 Å². The predicted octanol–water partition coefficient (Wildman–Crippen LogP) is 4.87. The van der Waals surface area contributed by atoms with Gasteiger partial charge in [-0.25, -0.2) is 0 Å². The van der Waals surface area contributed by atoms with Crippen molar-refractivity contribution < 1.29 is 13.4 Å². The number of halogens is 2. The fraction of sp³-hybridized carbons (Fsp3) is 0.150. The van der Waals surface area contributed by atoms with Gasteiger partial charge >= 0.3 is 0 Å². The summed E-state index contributed by atoms with van der Waals surface area (Å²) >= 11 is 11.9. The number of benzene rings is 2. The molecule has 0 fully saturated rings. The lowest BCUT2D eigenvalue weighted by Gasteiger charge is -2.04. The van der Waals surface area contributed by atoms with E-state index >= 15 is 0 Å². The molecule has 0 saturated heterocycles. The van der Waals surface area contributed by atoms with Gasteiger partial charge in [0.25, 0.3) is 5.91 Å². The smallest absolute Gasteiger partial charge is 0.287 e. The summed E-state index contributed by atoms with van der Waals surface area (Å²) in [5.41, 5.74) is 1.08. The van der Waals surface area contributed by atoms with Crippen molar-refractivity contribution in [1.29, 1.82) is 0 Å². The highest BCUT2D eigenvalue weighted by Crippen LogP contribution is 2.22. The zero-order valence-electron chi connectivity index (χ0n) is 14.3. The van der Waals surface area contributed by atoms with E-state index in [1.54, 1.807) is 36.4 Å². The van der Waals surface area contributed by atoms with Crippen LogP contribution in [0.3, 0.4) is 0 Å². The molecule has 4 nitrogen and oxygen atoms in total. The number of hydrogen-bond acceptors (Lipinski definition) is 3. The van der Waals surface area contributed by atoms with Crippen LogP contribution < -0.4 is 5.32 Å². The molecule has 0 spiro atoms. The van der Waals surface area contributed by atoms with E-state index in [0.29, 0.717) is 33.7 Å². The predicted molar refractivity (Wildman–Crippen MR) is 108 cm³/mol. The molecule has 3 aromatic rings. The molecule has 27 heavy (non-hydrogen) atoms. The van der Waals surface area contributed by atoms with E-state index in [0.717, 1.165) is 5.56 Å². The van der Waals surface area contributed by atoms with Crippen molar-refractivity contribution >= 4 is 39.9 Å². The lowest BCUT2D eigenvalue weighted by Crippen LogP contribution is -2.25. The Hall–Kier alpha value is -2.08. The quantitative estimate of drug-likeness (QED) is 0.591. The lowest BCUT2D eigenvalue weighted by molar-refractivity contribution is 0.0925. The van der Waals surface area contributed by atoms with E-state index < -0.39 is 10.8 Å². The Morgan fingerprint density at radius 2 is 1.74 bits per heavy atom. The Bertz CT molecular complexity index is 954. The summed E-state index contributed by atoms with van der Waals surface area (Å²) in [5.74, 6) is 0.508. The van der Waals surface area contributed by atoms with Gasteiger partial charge in [-0.1, -0.05) is 47.5 Å². The number of carbonyl (C=O) groups is 1. The minimum Gasteiger partial charge on any atom is -0.455 e. The highest BCUT2D eigenvalue weighted by Gasteiger charge is 2.14. The van der Waals surface area contributed by atoms with Gasteiger partial charge in [-0.3, -0.25) is 9.00 Å². The fourth-order valence-corrected chi connectivity index (χ4v) is 4.08. The maximum atomic E-state index is 12.4. The van der Waals surface area contributed by atoms with Gasteiger partial charge in [0.1, 0.15) is 5.76 Å². The number of rotatable bonds is 7. The van der Waals surface area contributed by atoms with Crippen LogP contribution in [0.2, 0.25) is 10.0 Å². The largest absolute Gasteiger partial charge is 0.455 e. The van der Waals surface area contributed by atoms with Gasteiger partial charge in [-0.05, 0) is 48.4 Å². The molecular weight excluding hydrogens is 405 g/mol. The number of carbonyl (C=O) groups excluding carboxylic acids is 1. The third kappa shape index (κ3) is 5.45. The molecule has 3 rings (SSSR count). The molecule has 1 amide bonds. The molecule has 1 atom stereocenters. The van der Waals surface area contributed by atoms with Crippen LogP contribution in [-0.4, -0.2) is 16.7 Å². The average Bonchev–Trinajstić information content (AvgIpc) is 3.12. The van der Waals surface area contributed by atoms with E-state index in [4.69, 9.17) is 27.6 Å². The van der Waals surface area contributed by atoms with Crippen LogP contribution in [0.4, 0.5) is 0 Å². The van der Waals surface area contributed by atoms with Crippen LogP contribution in [0.25, 0.3) is 0 Å². The molecule has 0 bridgehead atoms. The third-order valence-electron chi connectivity index (χ3n) is 3.85. The Balaban J connectivity index is 1.53. The number of furan rings is 1. The van der Waals surface area contributed by atoms with Gasteiger partial charge in [0.2, 0.25) is 0 Å². The van der Waals surface area contributed by atoms with Crippen molar-refractivity contribution in [1.82, 2.24) is 5.32 Å². The first-order chi connectivity index (χ1) is 13.0. The van der Waals surface area contributed by atoms with E-state index in [9.17, 15) is 9.00 Å². The van der Waals surface area contributed by atoms with Crippen LogP contribution in [0, 0.1) is 0 Å². The molecule has 1 heterocycles. The van der Waals surface area contributed by atoms with Crippen molar-refractivity contribution in [3.05, 3.63) is 87.8 Å². The minimum atomic E-state index is -1.35.